The van der Waals surface area contributed by atoms with Crippen molar-refractivity contribution in [1.82, 2.24) is 9.97 Å². The molecular weight excluding hydrogens is 264 g/mol. The van der Waals surface area contributed by atoms with E-state index in [1.807, 2.05) is 0 Å². The molecule has 0 radical (unpaired) electrons. The minimum atomic E-state index is 0.0298. The Balaban J connectivity index is 2.17. The van der Waals surface area contributed by atoms with Crippen LogP contribution in [0.5, 0.6) is 5.75 Å². The highest BCUT2D eigenvalue weighted by atomic mass is 16.5. The predicted molar refractivity (Wildman–Crippen MR) is 84.1 cm³/mol. The molecule has 0 fully saturated rings. The summed E-state index contributed by atoms with van der Waals surface area (Å²) in [6.45, 7) is 8.95. The molecule has 0 amide bonds. The summed E-state index contributed by atoms with van der Waals surface area (Å²) in [5.41, 5.74) is 5.59. The SMILES string of the molecule is Cc1ccc(C(C)(C)C)c(OCc2cnc(NN)cn2)c1. The Labute approximate surface area is 125 Å². The van der Waals surface area contributed by atoms with E-state index in [0.717, 1.165) is 11.4 Å². The predicted octanol–water partition coefficient (Wildman–Crippen LogP) is 2.95. The number of nitrogen functional groups attached to an aromatic ring is 1. The lowest BCUT2D eigenvalue weighted by Crippen LogP contribution is -2.14. The molecule has 21 heavy (non-hydrogen) atoms. The lowest BCUT2D eigenvalue weighted by molar-refractivity contribution is 0.292. The fourth-order valence-electron chi connectivity index (χ4n) is 2.02. The number of nitrogens with two attached hydrogens (primary N) is 1. The quantitative estimate of drug-likeness (QED) is 0.668. The van der Waals surface area contributed by atoms with E-state index >= 15 is 0 Å². The maximum absolute atomic E-state index is 5.95. The van der Waals surface area contributed by atoms with Crippen molar-refractivity contribution in [3.63, 3.8) is 0 Å². The van der Waals surface area contributed by atoms with Gasteiger partial charge in [-0.25, -0.2) is 10.8 Å². The van der Waals surface area contributed by atoms with Crippen molar-refractivity contribution in [2.45, 2.75) is 39.7 Å². The van der Waals surface area contributed by atoms with Gasteiger partial charge in [0.1, 0.15) is 12.4 Å². The van der Waals surface area contributed by atoms with Gasteiger partial charge in [-0.3, -0.25) is 4.98 Å². The summed E-state index contributed by atoms with van der Waals surface area (Å²) in [4.78, 5) is 8.37. The number of hydrogen-bond acceptors (Lipinski definition) is 5. The van der Waals surface area contributed by atoms with Crippen LogP contribution in [0.2, 0.25) is 0 Å². The van der Waals surface area contributed by atoms with Gasteiger partial charge in [0.25, 0.3) is 0 Å². The first-order valence-electron chi connectivity index (χ1n) is 6.91. The third kappa shape index (κ3) is 3.92. The van der Waals surface area contributed by atoms with Crippen LogP contribution in [-0.4, -0.2) is 9.97 Å². The summed E-state index contributed by atoms with van der Waals surface area (Å²) < 4.78 is 5.95. The van der Waals surface area contributed by atoms with Crippen LogP contribution in [0.1, 0.15) is 37.6 Å². The summed E-state index contributed by atoms with van der Waals surface area (Å²) in [5, 5.41) is 0. The second kappa shape index (κ2) is 6.10. The molecule has 1 aromatic heterocycles. The Hall–Kier alpha value is -2.14. The molecule has 5 nitrogen and oxygen atoms in total. The second-order valence-electron chi connectivity index (χ2n) is 6.08. The van der Waals surface area contributed by atoms with Gasteiger partial charge in [-0.2, -0.15) is 0 Å². The number of aryl methyl sites for hydroxylation is 1. The zero-order valence-electron chi connectivity index (χ0n) is 13.0. The fourth-order valence-corrected chi connectivity index (χ4v) is 2.02. The number of nitrogens with one attached hydrogen (secondary N) is 1. The Morgan fingerprint density at radius 1 is 1.19 bits per heavy atom. The smallest absolute Gasteiger partial charge is 0.158 e. The van der Waals surface area contributed by atoms with E-state index in [2.05, 4.69) is 61.3 Å². The van der Waals surface area contributed by atoms with Crippen molar-refractivity contribution < 1.29 is 4.74 Å². The molecule has 0 unspecified atom stereocenters. The van der Waals surface area contributed by atoms with Crippen LogP contribution in [0.25, 0.3) is 0 Å². The molecule has 0 atom stereocenters. The van der Waals surface area contributed by atoms with E-state index in [-0.39, 0.29) is 5.41 Å². The molecule has 5 heteroatoms. The zero-order valence-corrected chi connectivity index (χ0v) is 13.0. The number of aromatic nitrogens is 2. The summed E-state index contributed by atoms with van der Waals surface area (Å²) in [6.07, 6.45) is 3.24. The van der Waals surface area contributed by atoms with Crippen LogP contribution >= 0.6 is 0 Å². The molecule has 0 saturated carbocycles. The van der Waals surface area contributed by atoms with Gasteiger partial charge in [-0.1, -0.05) is 32.9 Å². The van der Waals surface area contributed by atoms with Gasteiger partial charge in [0.2, 0.25) is 0 Å². The van der Waals surface area contributed by atoms with Crippen LogP contribution in [-0.2, 0) is 12.0 Å². The highest BCUT2D eigenvalue weighted by Crippen LogP contribution is 2.32. The molecule has 2 aromatic rings. The molecule has 3 N–H and O–H groups in total. The van der Waals surface area contributed by atoms with Crippen molar-refractivity contribution in [1.29, 1.82) is 0 Å². The lowest BCUT2D eigenvalue weighted by Gasteiger charge is -2.23. The van der Waals surface area contributed by atoms with Crippen LogP contribution in [0.15, 0.2) is 30.6 Å². The number of rotatable bonds is 4. The molecule has 0 saturated heterocycles. The topological polar surface area (TPSA) is 73.1 Å². The first kappa shape index (κ1) is 15.3. The zero-order chi connectivity index (χ0) is 15.5. The van der Waals surface area contributed by atoms with Gasteiger partial charge in [-0.05, 0) is 29.5 Å². The van der Waals surface area contributed by atoms with Gasteiger partial charge in [0.15, 0.2) is 5.82 Å². The molecule has 112 valence electrons. The Bertz CT molecular complexity index is 603. The number of anilines is 1. The average Bonchev–Trinajstić information content (AvgIpc) is 2.44. The summed E-state index contributed by atoms with van der Waals surface area (Å²) >= 11 is 0. The number of nitrogens with zero attached hydrogens (tertiary/aromatic N) is 2. The van der Waals surface area contributed by atoms with Gasteiger partial charge in [0, 0.05) is 0 Å². The maximum atomic E-state index is 5.95. The highest BCUT2D eigenvalue weighted by Gasteiger charge is 2.19. The summed E-state index contributed by atoms with van der Waals surface area (Å²) in [6, 6.07) is 6.29. The van der Waals surface area contributed by atoms with Crippen molar-refractivity contribution in [3.8, 4) is 5.75 Å². The second-order valence-corrected chi connectivity index (χ2v) is 6.08. The van der Waals surface area contributed by atoms with E-state index in [0.29, 0.717) is 12.4 Å². The first-order chi connectivity index (χ1) is 9.90. The van der Waals surface area contributed by atoms with E-state index in [9.17, 15) is 0 Å². The first-order valence-corrected chi connectivity index (χ1v) is 6.91. The Morgan fingerprint density at radius 2 is 1.95 bits per heavy atom. The average molecular weight is 286 g/mol. The van der Waals surface area contributed by atoms with E-state index in [1.165, 1.54) is 11.1 Å². The number of hydrazine groups is 1. The van der Waals surface area contributed by atoms with Crippen molar-refractivity contribution >= 4 is 5.82 Å². The van der Waals surface area contributed by atoms with Crippen LogP contribution < -0.4 is 16.0 Å². The molecule has 0 aliphatic rings. The molecule has 2 rings (SSSR count). The normalized spacial score (nSPS) is 11.3. The van der Waals surface area contributed by atoms with Gasteiger partial charge < -0.3 is 10.2 Å². The molecular formula is C16H22N4O. The molecule has 0 spiro atoms. The maximum Gasteiger partial charge on any atom is 0.158 e. The highest BCUT2D eigenvalue weighted by molar-refractivity contribution is 5.41. The monoisotopic (exact) mass is 286 g/mol. The van der Waals surface area contributed by atoms with Crippen LogP contribution in [0.3, 0.4) is 0 Å². The lowest BCUT2D eigenvalue weighted by atomic mass is 9.86. The van der Waals surface area contributed by atoms with E-state index in [1.54, 1.807) is 12.4 Å². The molecule has 1 heterocycles. The third-order valence-corrected chi connectivity index (χ3v) is 3.17. The van der Waals surface area contributed by atoms with Crippen molar-refractivity contribution in [2.24, 2.45) is 5.84 Å². The fraction of sp³-hybridized carbons (Fsp3) is 0.375. The Kier molecular flexibility index (Phi) is 4.43. The molecule has 1 aromatic carbocycles. The van der Waals surface area contributed by atoms with Crippen LogP contribution in [0.4, 0.5) is 5.82 Å². The summed E-state index contributed by atoms with van der Waals surface area (Å²) in [5.74, 6) is 6.69. The minimum Gasteiger partial charge on any atom is -0.487 e. The van der Waals surface area contributed by atoms with E-state index < -0.39 is 0 Å². The largest absolute Gasteiger partial charge is 0.487 e. The standard InChI is InChI=1S/C16H22N4O/c1-11-5-6-13(16(2,3)4)14(7-11)21-10-12-8-19-15(20-17)9-18-12/h5-9H,10,17H2,1-4H3,(H,19,20). The number of ether oxygens (including phenoxy) is 1. The van der Waals surface area contributed by atoms with Gasteiger partial charge >= 0.3 is 0 Å². The third-order valence-electron chi connectivity index (χ3n) is 3.17. The molecule has 0 aliphatic carbocycles. The summed E-state index contributed by atoms with van der Waals surface area (Å²) in [7, 11) is 0. The van der Waals surface area contributed by atoms with Gasteiger partial charge in [0.05, 0.1) is 18.1 Å². The molecule has 0 bridgehead atoms. The molecule has 0 aliphatic heterocycles. The minimum absolute atomic E-state index is 0.0298. The van der Waals surface area contributed by atoms with E-state index in [4.69, 9.17) is 10.6 Å². The van der Waals surface area contributed by atoms with Crippen molar-refractivity contribution in [2.75, 3.05) is 5.43 Å². The number of hydrogen-bond donors (Lipinski definition) is 2. The number of benzene rings is 1. The Morgan fingerprint density at radius 3 is 2.52 bits per heavy atom. The van der Waals surface area contributed by atoms with Gasteiger partial charge in [-0.15, -0.1) is 0 Å². The van der Waals surface area contributed by atoms with Crippen LogP contribution in [0, 0.1) is 6.92 Å². The van der Waals surface area contributed by atoms with Crippen molar-refractivity contribution in [3.05, 3.63) is 47.4 Å².